The number of nitrogens with two attached hydrogens (primary N) is 1. The third-order valence-electron chi connectivity index (χ3n) is 2.18. The summed E-state index contributed by atoms with van der Waals surface area (Å²) in [6, 6.07) is 0. The Morgan fingerprint density at radius 1 is 1.40 bits per heavy atom. The molecule has 5 heteroatoms. The average Bonchev–Trinajstić information content (AvgIpc) is 2.24. The van der Waals surface area contributed by atoms with Crippen molar-refractivity contribution in [3.8, 4) is 0 Å². The van der Waals surface area contributed by atoms with E-state index < -0.39 is 0 Å². The predicted octanol–water partition coefficient (Wildman–Crippen LogP) is 0.115. The van der Waals surface area contributed by atoms with Gasteiger partial charge in [0.25, 0.3) is 0 Å². The molecule has 3 N–H and O–H groups in total. The Hall–Kier alpha value is -0.650. The van der Waals surface area contributed by atoms with E-state index in [1.165, 1.54) is 0 Å². The van der Waals surface area contributed by atoms with Crippen LogP contribution in [-0.2, 0) is 9.53 Å². The molecule has 0 aromatic carbocycles. The predicted molar refractivity (Wildman–Crippen MR) is 60.2 cm³/mol. The summed E-state index contributed by atoms with van der Waals surface area (Å²) in [6.45, 7) is 5.47. The number of hydrazine groups is 1. The van der Waals surface area contributed by atoms with Crippen LogP contribution < -0.4 is 11.3 Å². The lowest BCUT2D eigenvalue weighted by Crippen LogP contribution is -2.30. The molecule has 0 rings (SSSR count). The monoisotopic (exact) mass is 217 g/mol. The van der Waals surface area contributed by atoms with Crippen LogP contribution >= 0.6 is 0 Å². The summed E-state index contributed by atoms with van der Waals surface area (Å²) >= 11 is 0. The van der Waals surface area contributed by atoms with Crippen LogP contribution in [0.15, 0.2) is 0 Å². The molecule has 0 saturated carbocycles. The normalized spacial score (nSPS) is 10.7. The average molecular weight is 217 g/mol. The molecular weight excluding hydrogens is 194 g/mol. The Morgan fingerprint density at radius 3 is 2.73 bits per heavy atom. The van der Waals surface area contributed by atoms with Crippen molar-refractivity contribution in [1.29, 1.82) is 0 Å². The number of nitrogens with one attached hydrogen (secondary N) is 1. The highest BCUT2D eigenvalue weighted by molar-refractivity contribution is 5.74. The van der Waals surface area contributed by atoms with Crippen molar-refractivity contribution in [1.82, 2.24) is 10.3 Å². The lowest BCUT2D eigenvalue weighted by molar-refractivity contribution is -0.121. The number of carbonyl (C=O) groups is 1. The van der Waals surface area contributed by atoms with Crippen LogP contribution in [0.5, 0.6) is 0 Å². The van der Waals surface area contributed by atoms with Crippen molar-refractivity contribution < 1.29 is 9.53 Å². The van der Waals surface area contributed by atoms with E-state index >= 15 is 0 Å². The molecule has 0 unspecified atom stereocenters. The maximum absolute atomic E-state index is 10.8. The molecule has 0 radical (unpaired) electrons. The van der Waals surface area contributed by atoms with Gasteiger partial charge in [0, 0.05) is 19.6 Å². The fourth-order valence-electron chi connectivity index (χ4n) is 1.22. The minimum absolute atomic E-state index is 0.0908. The van der Waals surface area contributed by atoms with E-state index in [2.05, 4.69) is 17.4 Å². The van der Waals surface area contributed by atoms with Crippen molar-refractivity contribution >= 4 is 5.91 Å². The largest absolute Gasteiger partial charge is 0.380 e. The van der Waals surface area contributed by atoms with Gasteiger partial charge in [0.2, 0.25) is 5.91 Å². The van der Waals surface area contributed by atoms with E-state index in [1.54, 1.807) is 0 Å². The quantitative estimate of drug-likeness (QED) is 0.249. The summed E-state index contributed by atoms with van der Waals surface area (Å²) < 4.78 is 5.24. The Kier molecular flexibility index (Phi) is 9.46. The molecule has 0 bridgehead atoms. The molecule has 0 atom stereocenters. The maximum Gasteiger partial charge on any atom is 0.233 e. The fourth-order valence-corrected chi connectivity index (χ4v) is 1.22. The summed E-state index contributed by atoms with van der Waals surface area (Å²) in [6.07, 6.45) is 2.40. The molecule has 0 aromatic rings. The molecule has 0 heterocycles. The van der Waals surface area contributed by atoms with Gasteiger partial charge in [0.05, 0.1) is 6.61 Å². The van der Waals surface area contributed by atoms with E-state index in [1.807, 2.05) is 6.92 Å². The highest BCUT2D eigenvalue weighted by Gasteiger charge is 2.00. The number of rotatable bonds is 9. The van der Waals surface area contributed by atoms with Crippen LogP contribution in [0.25, 0.3) is 0 Å². The number of amides is 1. The molecule has 0 aliphatic carbocycles. The molecular formula is C10H23N3O2. The molecule has 0 fully saturated rings. The second-order valence-corrected chi connectivity index (χ2v) is 3.52. The highest BCUT2D eigenvalue weighted by Crippen LogP contribution is 1.97. The van der Waals surface area contributed by atoms with E-state index in [9.17, 15) is 4.79 Å². The third kappa shape index (κ3) is 9.65. The molecule has 0 spiro atoms. The van der Waals surface area contributed by atoms with Gasteiger partial charge in [-0.1, -0.05) is 0 Å². The first kappa shape index (κ1) is 14.3. The first-order chi connectivity index (χ1) is 7.20. The SMILES string of the molecule is CCOCCN(C)CCCCC(=O)NN. The second kappa shape index (κ2) is 9.89. The molecule has 0 aliphatic rings. The Balaban J connectivity index is 3.23. The van der Waals surface area contributed by atoms with E-state index in [0.717, 1.165) is 39.1 Å². The first-order valence-electron chi connectivity index (χ1n) is 5.46. The van der Waals surface area contributed by atoms with E-state index in [-0.39, 0.29) is 5.91 Å². The third-order valence-corrected chi connectivity index (χ3v) is 2.18. The van der Waals surface area contributed by atoms with Gasteiger partial charge in [-0.3, -0.25) is 10.2 Å². The van der Waals surface area contributed by atoms with Gasteiger partial charge in [-0.15, -0.1) is 0 Å². The van der Waals surface area contributed by atoms with Crippen molar-refractivity contribution in [3.63, 3.8) is 0 Å². The van der Waals surface area contributed by atoms with Crippen molar-refractivity contribution in [2.24, 2.45) is 5.84 Å². The van der Waals surface area contributed by atoms with Crippen molar-refractivity contribution in [3.05, 3.63) is 0 Å². The second-order valence-electron chi connectivity index (χ2n) is 3.52. The van der Waals surface area contributed by atoms with Gasteiger partial charge < -0.3 is 9.64 Å². The van der Waals surface area contributed by atoms with Crippen molar-refractivity contribution in [2.45, 2.75) is 26.2 Å². The topological polar surface area (TPSA) is 67.6 Å². The number of hydrogen-bond acceptors (Lipinski definition) is 4. The van der Waals surface area contributed by atoms with Gasteiger partial charge in [-0.05, 0) is 33.4 Å². The van der Waals surface area contributed by atoms with Crippen LogP contribution in [0.4, 0.5) is 0 Å². The van der Waals surface area contributed by atoms with Gasteiger partial charge in [-0.2, -0.15) is 0 Å². The van der Waals surface area contributed by atoms with Crippen LogP contribution in [0.2, 0.25) is 0 Å². The number of hydrogen-bond donors (Lipinski definition) is 2. The number of likely N-dealkylation sites (N-methyl/N-ethyl adjacent to an activating group) is 1. The zero-order valence-corrected chi connectivity index (χ0v) is 9.79. The minimum Gasteiger partial charge on any atom is -0.380 e. The fraction of sp³-hybridized carbons (Fsp3) is 0.900. The number of carbonyl (C=O) groups excluding carboxylic acids is 1. The van der Waals surface area contributed by atoms with Gasteiger partial charge in [-0.25, -0.2) is 5.84 Å². The standard InChI is InChI=1S/C10H23N3O2/c1-3-15-9-8-13(2)7-5-4-6-10(14)12-11/h3-9,11H2,1-2H3,(H,12,14). The lowest BCUT2D eigenvalue weighted by atomic mass is 10.2. The summed E-state index contributed by atoms with van der Waals surface area (Å²) in [5, 5.41) is 0. The van der Waals surface area contributed by atoms with Crippen LogP contribution in [0.1, 0.15) is 26.2 Å². The maximum atomic E-state index is 10.8. The molecule has 0 aromatic heterocycles. The van der Waals surface area contributed by atoms with Crippen molar-refractivity contribution in [2.75, 3.05) is 33.4 Å². The first-order valence-corrected chi connectivity index (χ1v) is 5.46. The van der Waals surface area contributed by atoms with Gasteiger partial charge >= 0.3 is 0 Å². The Morgan fingerprint density at radius 2 is 2.13 bits per heavy atom. The number of unbranched alkanes of at least 4 members (excludes halogenated alkanes) is 1. The minimum atomic E-state index is -0.0908. The van der Waals surface area contributed by atoms with Gasteiger partial charge in [0.1, 0.15) is 0 Å². The summed E-state index contributed by atoms with van der Waals surface area (Å²) in [5.41, 5.74) is 2.12. The summed E-state index contributed by atoms with van der Waals surface area (Å²) in [4.78, 5) is 13.0. The van der Waals surface area contributed by atoms with Gasteiger partial charge in [0.15, 0.2) is 0 Å². The molecule has 1 amide bonds. The van der Waals surface area contributed by atoms with Crippen LogP contribution in [-0.4, -0.2) is 44.2 Å². The highest BCUT2D eigenvalue weighted by atomic mass is 16.5. The molecule has 0 saturated heterocycles. The summed E-state index contributed by atoms with van der Waals surface area (Å²) in [7, 11) is 2.06. The zero-order valence-electron chi connectivity index (χ0n) is 9.79. The summed E-state index contributed by atoms with van der Waals surface area (Å²) in [5.74, 6) is 4.88. The van der Waals surface area contributed by atoms with E-state index in [4.69, 9.17) is 10.6 Å². The Bertz CT molecular complexity index is 165. The molecule has 90 valence electrons. The van der Waals surface area contributed by atoms with Crippen LogP contribution in [0, 0.1) is 0 Å². The molecule has 5 nitrogen and oxygen atoms in total. The van der Waals surface area contributed by atoms with Crippen LogP contribution in [0.3, 0.4) is 0 Å². The number of nitrogens with zero attached hydrogens (tertiary/aromatic N) is 1. The number of ether oxygens (including phenoxy) is 1. The molecule has 0 aliphatic heterocycles. The zero-order chi connectivity index (χ0) is 11.5. The van der Waals surface area contributed by atoms with E-state index in [0.29, 0.717) is 6.42 Å². The lowest BCUT2D eigenvalue weighted by Gasteiger charge is -2.15. The molecule has 15 heavy (non-hydrogen) atoms. The smallest absolute Gasteiger partial charge is 0.233 e. The Labute approximate surface area is 91.9 Å².